The van der Waals surface area contributed by atoms with E-state index in [0.717, 1.165) is 5.92 Å². The monoisotopic (exact) mass is 96.1 g/mol. The fourth-order valence-corrected chi connectivity index (χ4v) is 1.19. The van der Waals surface area contributed by atoms with Crippen molar-refractivity contribution in [2.45, 2.75) is 25.7 Å². The zero-order valence-electron chi connectivity index (χ0n) is 4.69. The van der Waals surface area contributed by atoms with Crippen molar-refractivity contribution in [3.05, 3.63) is 12.7 Å². The van der Waals surface area contributed by atoms with Gasteiger partial charge in [0.05, 0.1) is 0 Å². The van der Waals surface area contributed by atoms with Gasteiger partial charge in [-0.3, -0.25) is 0 Å². The first kappa shape index (κ1) is 4.89. The fourth-order valence-electron chi connectivity index (χ4n) is 1.19. The van der Waals surface area contributed by atoms with E-state index in [1.165, 1.54) is 25.7 Å². The summed E-state index contributed by atoms with van der Waals surface area (Å²) in [6.45, 7) is 3.74. The van der Waals surface area contributed by atoms with Crippen molar-refractivity contribution in [3.63, 3.8) is 0 Å². The van der Waals surface area contributed by atoms with Gasteiger partial charge in [0.15, 0.2) is 0 Å². The Morgan fingerprint density at radius 2 is 1.86 bits per heavy atom. The Morgan fingerprint density at radius 3 is 2.14 bits per heavy atom. The predicted molar refractivity (Wildman–Crippen MR) is 32.2 cm³/mol. The summed E-state index contributed by atoms with van der Waals surface area (Å²) in [7, 11) is 0. The SMILES string of the molecule is C=CC1CCCC1. The van der Waals surface area contributed by atoms with Gasteiger partial charge in [-0.15, -0.1) is 6.58 Å². The lowest BCUT2D eigenvalue weighted by Gasteiger charge is -1.94. The van der Waals surface area contributed by atoms with Crippen LogP contribution in [-0.4, -0.2) is 0 Å². The van der Waals surface area contributed by atoms with Crippen LogP contribution in [0.3, 0.4) is 0 Å². The van der Waals surface area contributed by atoms with E-state index in [0.29, 0.717) is 0 Å². The van der Waals surface area contributed by atoms with E-state index in [-0.39, 0.29) is 0 Å². The average molecular weight is 96.2 g/mol. The fraction of sp³-hybridized carbons (Fsp3) is 0.714. The molecule has 1 rings (SSSR count). The van der Waals surface area contributed by atoms with Gasteiger partial charge in [-0.05, 0) is 18.8 Å². The zero-order valence-corrected chi connectivity index (χ0v) is 4.69. The number of allylic oxidation sites excluding steroid dienone is 1. The Hall–Kier alpha value is -0.260. The second-order valence-corrected chi connectivity index (χ2v) is 2.28. The number of hydrogen-bond donors (Lipinski definition) is 0. The Bertz CT molecular complexity index is 58.4. The first-order chi connectivity index (χ1) is 3.43. The quantitative estimate of drug-likeness (QED) is 0.439. The molecule has 0 unspecified atom stereocenters. The maximum atomic E-state index is 3.74. The summed E-state index contributed by atoms with van der Waals surface area (Å²) < 4.78 is 0. The normalized spacial score (nSPS) is 22.9. The van der Waals surface area contributed by atoms with Gasteiger partial charge in [-0.25, -0.2) is 0 Å². The Kier molecular flexibility index (Phi) is 1.50. The van der Waals surface area contributed by atoms with Crippen molar-refractivity contribution in [2.75, 3.05) is 0 Å². The van der Waals surface area contributed by atoms with Crippen molar-refractivity contribution in [1.29, 1.82) is 0 Å². The lowest BCUT2D eigenvalue weighted by molar-refractivity contribution is 0.688. The minimum Gasteiger partial charge on any atom is -0.103 e. The molecule has 0 radical (unpaired) electrons. The topological polar surface area (TPSA) is 0 Å². The van der Waals surface area contributed by atoms with Gasteiger partial charge in [0.1, 0.15) is 0 Å². The van der Waals surface area contributed by atoms with E-state index in [4.69, 9.17) is 0 Å². The maximum Gasteiger partial charge on any atom is -0.0236 e. The molecular weight excluding hydrogens is 84.1 g/mol. The lowest BCUT2D eigenvalue weighted by atomic mass is 10.1. The van der Waals surface area contributed by atoms with Gasteiger partial charge in [-0.1, -0.05) is 18.9 Å². The molecule has 0 aromatic rings. The third-order valence-corrected chi connectivity index (χ3v) is 1.73. The summed E-state index contributed by atoms with van der Waals surface area (Å²) in [5.41, 5.74) is 0. The first-order valence-corrected chi connectivity index (χ1v) is 3.06. The van der Waals surface area contributed by atoms with Crippen LogP contribution in [0.25, 0.3) is 0 Å². The summed E-state index contributed by atoms with van der Waals surface area (Å²) in [5, 5.41) is 0. The predicted octanol–water partition coefficient (Wildman–Crippen LogP) is 2.36. The molecule has 0 amide bonds. The molecule has 0 aliphatic heterocycles. The van der Waals surface area contributed by atoms with E-state index in [2.05, 4.69) is 12.7 Å². The molecular formula is C7H12. The summed E-state index contributed by atoms with van der Waals surface area (Å²) in [5.74, 6) is 0.861. The van der Waals surface area contributed by atoms with Gasteiger partial charge >= 0.3 is 0 Å². The molecule has 0 aromatic carbocycles. The number of rotatable bonds is 1. The van der Waals surface area contributed by atoms with Gasteiger partial charge in [0, 0.05) is 0 Å². The van der Waals surface area contributed by atoms with Crippen LogP contribution in [0, 0.1) is 5.92 Å². The Morgan fingerprint density at radius 1 is 1.29 bits per heavy atom. The molecule has 0 atom stereocenters. The highest BCUT2D eigenvalue weighted by atomic mass is 14.1. The van der Waals surface area contributed by atoms with E-state index in [1.54, 1.807) is 0 Å². The van der Waals surface area contributed by atoms with Crippen molar-refractivity contribution in [3.8, 4) is 0 Å². The van der Waals surface area contributed by atoms with Crippen molar-refractivity contribution >= 4 is 0 Å². The lowest BCUT2D eigenvalue weighted by Crippen LogP contribution is -1.81. The molecule has 0 N–H and O–H groups in total. The molecule has 7 heavy (non-hydrogen) atoms. The molecule has 1 aliphatic carbocycles. The zero-order chi connectivity index (χ0) is 5.11. The van der Waals surface area contributed by atoms with Crippen molar-refractivity contribution < 1.29 is 0 Å². The van der Waals surface area contributed by atoms with Crippen LogP contribution in [0.5, 0.6) is 0 Å². The van der Waals surface area contributed by atoms with Crippen LogP contribution in [0.4, 0.5) is 0 Å². The highest BCUT2D eigenvalue weighted by molar-refractivity contribution is 4.82. The highest BCUT2D eigenvalue weighted by Crippen LogP contribution is 2.24. The van der Waals surface area contributed by atoms with Gasteiger partial charge in [-0.2, -0.15) is 0 Å². The molecule has 1 saturated carbocycles. The first-order valence-electron chi connectivity index (χ1n) is 3.06. The van der Waals surface area contributed by atoms with E-state index < -0.39 is 0 Å². The Balaban J connectivity index is 2.26. The molecule has 0 heteroatoms. The van der Waals surface area contributed by atoms with Gasteiger partial charge in [0.2, 0.25) is 0 Å². The summed E-state index contributed by atoms with van der Waals surface area (Å²) in [6.07, 6.45) is 7.73. The number of hydrogen-bond acceptors (Lipinski definition) is 0. The standard InChI is InChI=1S/C7H12/c1-2-7-5-3-4-6-7/h2,7H,1,3-6H2. The van der Waals surface area contributed by atoms with Crippen molar-refractivity contribution in [2.24, 2.45) is 5.92 Å². The van der Waals surface area contributed by atoms with E-state index >= 15 is 0 Å². The van der Waals surface area contributed by atoms with Crippen LogP contribution in [0.15, 0.2) is 12.7 Å². The molecule has 0 aromatic heterocycles. The molecule has 0 spiro atoms. The molecule has 0 bridgehead atoms. The Labute approximate surface area is 45.2 Å². The minimum atomic E-state index is 0.861. The van der Waals surface area contributed by atoms with Crippen LogP contribution in [0.1, 0.15) is 25.7 Å². The third-order valence-electron chi connectivity index (χ3n) is 1.73. The van der Waals surface area contributed by atoms with Crippen molar-refractivity contribution in [1.82, 2.24) is 0 Å². The van der Waals surface area contributed by atoms with Crippen LogP contribution in [-0.2, 0) is 0 Å². The average Bonchev–Trinajstić information content (AvgIpc) is 2.14. The molecule has 0 nitrogen and oxygen atoms in total. The minimum absolute atomic E-state index is 0.861. The van der Waals surface area contributed by atoms with E-state index in [1.807, 2.05) is 0 Å². The molecule has 40 valence electrons. The summed E-state index contributed by atoms with van der Waals surface area (Å²) in [6, 6.07) is 0. The second-order valence-electron chi connectivity index (χ2n) is 2.28. The molecule has 0 heterocycles. The summed E-state index contributed by atoms with van der Waals surface area (Å²) in [4.78, 5) is 0. The second kappa shape index (κ2) is 2.15. The molecule has 0 saturated heterocycles. The van der Waals surface area contributed by atoms with Crippen LogP contribution >= 0.6 is 0 Å². The third kappa shape index (κ3) is 1.05. The van der Waals surface area contributed by atoms with Crippen LogP contribution in [0.2, 0.25) is 0 Å². The highest BCUT2D eigenvalue weighted by Gasteiger charge is 2.09. The smallest absolute Gasteiger partial charge is 0.0236 e. The van der Waals surface area contributed by atoms with Gasteiger partial charge in [0.25, 0.3) is 0 Å². The molecule has 1 fully saturated rings. The van der Waals surface area contributed by atoms with Gasteiger partial charge < -0.3 is 0 Å². The van der Waals surface area contributed by atoms with Crippen LogP contribution < -0.4 is 0 Å². The molecule has 1 aliphatic rings. The largest absolute Gasteiger partial charge is 0.103 e. The summed E-state index contributed by atoms with van der Waals surface area (Å²) >= 11 is 0. The van der Waals surface area contributed by atoms with E-state index in [9.17, 15) is 0 Å². The maximum absolute atomic E-state index is 3.74.